The second-order valence-corrected chi connectivity index (χ2v) is 5.37. The van der Waals surface area contributed by atoms with Crippen molar-refractivity contribution >= 4 is 0 Å². The molecule has 4 nitrogen and oxygen atoms in total. The third-order valence-corrected chi connectivity index (χ3v) is 3.32. The van der Waals surface area contributed by atoms with Crippen LogP contribution in [0.2, 0.25) is 0 Å². The van der Waals surface area contributed by atoms with Crippen molar-refractivity contribution in [3.05, 3.63) is 54.1 Å². The Morgan fingerprint density at radius 2 is 2.00 bits per heavy atom. The van der Waals surface area contributed by atoms with Gasteiger partial charge in [-0.05, 0) is 19.7 Å². The summed E-state index contributed by atoms with van der Waals surface area (Å²) in [5, 5.41) is 0. The van der Waals surface area contributed by atoms with Crippen LogP contribution in [0.4, 0.5) is 4.39 Å². The molecule has 21 heavy (non-hydrogen) atoms. The van der Waals surface area contributed by atoms with Crippen LogP contribution in [0, 0.1) is 0 Å². The molecule has 1 aromatic carbocycles. The number of hydrogen-bond acceptors (Lipinski definition) is 3. The Balaban J connectivity index is 2.12. The average Bonchev–Trinajstić information content (AvgIpc) is 2.86. The topological polar surface area (TPSA) is 30.3 Å². The van der Waals surface area contributed by atoms with Crippen LogP contribution in [-0.2, 0) is 11.8 Å². The number of aromatic nitrogens is 2. The van der Waals surface area contributed by atoms with Crippen molar-refractivity contribution in [1.29, 1.82) is 0 Å². The predicted octanol–water partition coefficient (Wildman–Crippen LogP) is 2.43. The highest BCUT2D eigenvalue weighted by Crippen LogP contribution is 2.23. The van der Waals surface area contributed by atoms with Crippen LogP contribution in [0.5, 0.6) is 0 Å². The summed E-state index contributed by atoms with van der Waals surface area (Å²) in [7, 11) is 5.58. The molecule has 0 bridgehead atoms. The first-order chi connectivity index (χ1) is 10.1. The van der Waals surface area contributed by atoms with Crippen molar-refractivity contribution in [1.82, 2.24) is 14.5 Å². The zero-order chi connectivity index (χ0) is 15.2. The second-order valence-electron chi connectivity index (χ2n) is 5.37. The van der Waals surface area contributed by atoms with Crippen LogP contribution in [0.15, 0.2) is 42.7 Å². The number of halogens is 1. The molecule has 0 aliphatic carbocycles. The molecule has 0 spiro atoms. The molecule has 0 aliphatic rings. The van der Waals surface area contributed by atoms with E-state index in [1.807, 2.05) is 62.2 Å². The summed E-state index contributed by atoms with van der Waals surface area (Å²) in [6.07, 6.45) is 2.34. The SMILES string of the molecule is CN(C)CC(F)OCC(c1ccccc1)c1nccn1C. The lowest BCUT2D eigenvalue weighted by molar-refractivity contribution is -0.0542. The molecule has 2 atom stereocenters. The van der Waals surface area contributed by atoms with Gasteiger partial charge in [0.15, 0.2) is 0 Å². The molecule has 0 saturated heterocycles. The summed E-state index contributed by atoms with van der Waals surface area (Å²) in [5.74, 6) is 0.796. The fraction of sp³-hybridized carbons (Fsp3) is 0.438. The molecule has 0 fully saturated rings. The number of nitrogens with zero attached hydrogens (tertiary/aromatic N) is 3. The van der Waals surface area contributed by atoms with Crippen molar-refractivity contribution in [2.75, 3.05) is 27.2 Å². The van der Waals surface area contributed by atoms with Crippen LogP contribution in [0.3, 0.4) is 0 Å². The first-order valence-electron chi connectivity index (χ1n) is 7.00. The van der Waals surface area contributed by atoms with Crippen LogP contribution < -0.4 is 0 Å². The summed E-state index contributed by atoms with van der Waals surface area (Å²) in [4.78, 5) is 6.15. The fourth-order valence-corrected chi connectivity index (χ4v) is 2.26. The van der Waals surface area contributed by atoms with Crippen molar-refractivity contribution in [3.63, 3.8) is 0 Å². The minimum atomic E-state index is -1.30. The number of ether oxygens (including phenoxy) is 1. The third kappa shape index (κ3) is 4.37. The zero-order valence-corrected chi connectivity index (χ0v) is 12.7. The summed E-state index contributed by atoms with van der Waals surface area (Å²) >= 11 is 0. The number of aryl methyl sites for hydroxylation is 1. The molecule has 0 aliphatic heterocycles. The molecular formula is C16H22FN3O. The number of imidazole rings is 1. The Morgan fingerprint density at radius 3 is 2.57 bits per heavy atom. The zero-order valence-electron chi connectivity index (χ0n) is 12.7. The first kappa shape index (κ1) is 15.7. The molecule has 1 aromatic heterocycles. The molecule has 0 saturated carbocycles. The van der Waals surface area contributed by atoms with Crippen LogP contribution in [0.1, 0.15) is 17.3 Å². The van der Waals surface area contributed by atoms with E-state index in [4.69, 9.17) is 4.74 Å². The average molecular weight is 291 g/mol. The van der Waals surface area contributed by atoms with Gasteiger partial charge in [0.2, 0.25) is 6.36 Å². The Morgan fingerprint density at radius 1 is 1.29 bits per heavy atom. The van der Waals surface area contributed by atoms with E-state index in [1.54, 1.807) is 11.1 Å². The molecule has 0 N–H and O–H groups in total. The molecule has 0 amide bonds. The van der Waals surface area contributed by atoms with Gasteiger partial charge in [-0.3, -0.25) is 0 Å². The van der Waals surface area contributed by atoms with Gasteiger partial charge in [-0.15, -0.1) is 0 Å². The van der Waals surface area contributed by atoms with E-state index in [0.717, 1.165) is 11.4 Å². The Hall–Kier alpha value is -1.72. The molecule has 2 rings (SSSR count). The van der Waals surface area contributed by atoms with Gasteiger partial charge >= 0.3 is 0 Å². The summed E-state index contributed by atoms with van der Waals surface area (Å²) < 4.78 is 21.1. The summed E-state index contributed by atoms with van der Waals surface area (Å²) in [6.45, 7) is 0.520. The quantitative estimate of drug-likeness (QED) is 0.785. The normalized spacial score (nSPS) is 14.3. The fourth-order valence-electron chi connectivity index (χ4n) is 2.26. The van der Waals surface area contributed by atoms with Crippen molar-refractivity contribution < 1.29 is 9.13 Å². The van der Waals surface area contributed by atoms with Crippen LogP contribution in [0.25, 0.3) is 0 Å². The highest BCUT2D eigenvalue weighted by molar-refractivity contribution is 5.26. The largest absolute Gasteiger partial charge is 0.346 e. The number of rotatable bonds is 7. The van der Waals surface area contributed by atoms with E-state index < -0.39 is 6.36 Å². The second kappa shape index (κ2) is 7.33. The van der Waals surface area contributed by atoms with E-state index in [0.29, 0.717) is 0 Å². The minimum Gasteiger partial charge on any atom is -0.346 e. The number of likely N-dealkylation sites (N-methyl/N-ethyl adjacent to an activating group) is 1. The lowest BCUT2D eigenvalue weighted by atomic mass is 9.99. The van der Waals surface area contributed by atoms with Gasteiger partial charge in [-0.1, -0.05) is 30.3 Å². The Bertz CT molecular complexity index is 541. The van der Waals surface area contributed by atoms with E-state index in [1.165, 1.54) is 0 Å². The lowest BCUT2D eigenvalue weighted by Crippen LogP contribution is -2.27. The van der Waals surface area contributed by atoms with Gasteiger partial charge in [-0.2, -0.15) is 0 Å². The van der Waals surface area contributed by atoms with Gasteiger partial charge in [0.05, 0.1) is 19.1 Å². The molecular weight excluding hydrogens is 269 g/mol. The molecule has 2 aromatic rings. The maximum atomic E-state index is 13.8. The molecule has 2 unspecified atom stereocenters. The molecule has 0 radical (unpaired) electrons. The Labute approximate surface area is 125 Å². The van der Waals surface area contributed by atoms with Gasteiger partial charge in [-0.25, -0.2) is 9.37 Å². The standard InChI is InChI=1S/C16H22FN3O/c1-19(2)11-15(17)21-12-14(13-7-5-4-6-8-13)16-18-9-10-20(16)3/h4-10,14-15H,11-12H2,1-3H3. The molecule has 1 heterocycles. The van der Waals surface area contributed by atoms with Crippen molar-refractivity contribution in [3.8, 4) is 0 Å². The molecule has 5 heteroatoms. The third-order valence-electron chi connectivity index (χ3n) is 3.32. The van der Waals surface area contributed by atoms with Crippen molar-refractivity contribution in [2.24, 2.45) is 7.05 Å². The number of hydrogen-bond donors (Lipinski definition) is 0. The monoisotopic (exact) mass is 291 g/mol. The highest BCUT2D eigenvalue weighted by Gasteiger charge is 2.20. The van der Waals surface area contributed by atoms with Crippen molar-refractivity contribution in [2.45, 2.75) is 12.3 Å². The van der Waals surface area contributed by atoms with E-state index >= 15 is 0 Å². The van der Waals surface area contributed by atoms with Gasteiger partial charge < -0.3 is 14.2 Å². The summed E-state index contributed by atoms with van der Waals surface area (Å²) in [6, 6.07) is 9.93. The predicted molar refractivity (Wildman–Crippen MR) is 80.9 cm³/mol. The van der Waals surface area contributed by atoms with Crippen LogP contribution in [-0.4, -0.2) is 48.1 Å². The molecule has 114 valence electrons. The van der Waals surface area contributed by atoms with Gasteiger partial charge in [0.1, 0.15) is 5.82 Å². The number of benzene rings is 1. The van der Waals surface area contributed by atoms with Gasteiger partial charge in [0, 0.05) is 19.4 Å². The van der Waals surface area contributed by atoms with E-state index in [2.05, 4.69) is 4.98 Å². The number of alkyl halides is 1. The van der Waals surface area contributed by atoms with E-state index in [-0.39, 0.29) is 19.1 Å². The maximum Gasteiger partial charge on any atom is 0.211 e. The first-order valence-corrected chi connectivity index (χ1v) is 7.00. The highest BCUT2D eigenvalue weighted by atomic mass is 19.1. The lowest BCUT2D eigenvalue weighted by Gasteiger charge is -2.20. The van der Waals surface area contributed by atoms with Gasteiger partial charge in [0.25, 0.3) is 0 Å². The van der Waals surface area contributed by atoms with Crippen LogP contribution >= 0.6 is 0 Å². The summed E-state index contributed by atoms with van der Waals surface area (Å²) in [5.41, 5.74) is 1.07. The minimum absolute atomic E-state index is 0.0772. The smallest absolute Gasteiger partial charge is 0.211 e. The van der Waals surface area contributed by atoms with E-state index in [9.17, 15) is 4.39 Å². The maximum absolute atomic E-state index is 13.8. The Kier molecular flexibility index (Phi) is 5.47.